The van der Waals surface area contributed by atoms with Gasteiger partial charge in [0, 0.05) is 11.5 Å². The molecule has 8 heteroatoms. The van der Waals surface area contributed by atoms with E-state index in [9.17, 15) is 4.79 Å². The van der Waals surface area contributed by atoms with Crippen LogP contribution in [0.25, 0.3) is 11.2 Å². The Morgan fingerprint density at radius 3 is 2.77 bits per heavy atom. The molecule has 114 valence electrons. The predicted molar refractivity (Wildman–Crippen MR) is 86.8 cm³/mol. The van der Waals surface area contributed by atoms with Crippen molar-refractivity contribution in [3.8, 4) is 5.75 Å². The van der Waals surface area contributed by atoms with Gasteiger partial charge in [-0.2, -0.15) is 4.98 Å². The van der Waals surface area contributed by atoms with Crippen molar-refractivity contribution in [2.24, 2.45) is 7.05 Å². The lowest BCUT2D eigenvalue weighted by Gasteiger charge is -2.08. The summed E-state index contributed by atoms with van der Waals surface area (Å²) in [5.74, 6) is 1.08. The minimum Gasteiger partial charge on any atom is -0.492 e. The number of benzene rings is 1. The van der Waals surface area contributed by atoms with Crippen LogP contribution in [0.5, 0.6) is 5.75 Å². The molecule has 0 saturated carbocycles. The van der Waals surface area contributed by atoms with Crippen molar-refractivity contribution in [1.29, 1.82) is 0 Å². The molecule has 0 spiro atoms. The second kappa shape index (κ2) is 5.80. The van der Waals surface area contributed by atoms with Gasteiger partial charge < -0.3 is 15.0 Å². The molecule has 2 aromatic heterocycles. The number of nitrogens with zero attached hydrogens (tertiary/aromatic N) is 4. The first-order valence-corrected chi connectivity index (χ1v) is 7.41. The van der Waals surface area contributed by atoms with Gasteiger partial charge in [-0.1, -0.05) is 15.9 Å². The molecular weight excluding hydrogens is 350 g/mol. The van der Waals surface area contributed by atoms with Crippen LogP contribution in [0.1, 0.15) is 0 Å². The van der Waals surface area contributed by atoms with Gasteiger partial charge in [-0.15, -0.1) is 0 Å². The van der Waals surface area contributed by atoms with Crippen LogP contribution in [0.15, 0.2) is 39.9 Å². The molecule has 0 fully saturated rings. The molecule has 3 aromatic rings. The van der Waals surface area contributed by atoms with Gasteiger partial charge in [0.25, 0.3) is 0 Å². The lowest BCUT2D eigenvalue weighted by molar-refractivity contribution is 0.299. The molecule has 0 unspecified atom stereocenters. The van der Waals surface area contributed by atoms with E-state index >= 15 is 0 Å². The summed E-state index contributed by atoms with van der Waals surface area (Å²) in [6.07, 6.45) is 1.61. The van der Waals surface area contributed by atoms with E-state index in [-0.39, 0.29) is 0 Å². The van der Waals surface area contributed by atoms with E-state index in [1.807, 2.05) is 24.3 Å². The summed E-state index contributed by atoms with van der Waals surface area (Å²) in [7, 11) is 1.57. The maximum Gasteiger partial charge on any atom is 0.350 e. The number of aromatic nitrogens is 4. The number of nitrogens with two attached hydrogens (primary N) is 1. The number of imidazole rings is 1. The SMILES string of the molecule is Cn1c(N)c2ncn(CCOc3ccc(Br)cc3)c2nc1=O. The highest BCUT2D eigenvalue weighted by atomic mass is 79.9. The summed E-state index contributed by atoms with van der Waals surface area (Å²) in [6, 6.07) is 7.58. The van der Waals surface area contributed by atoms with E-state index < -0.39 is 5.69 Å². The van der Waals surface area contributed by atoms with Crippen LogP contribution in [0.2, 0.25) is 0 Å². The van der Waals surface area contributed by atoms with E-state index in [2.05, 4.69) is 25.9 Å². The van der Waals surface area contributed by atoms with Crippen molar-refractivity contribution in [2.45, 2.75) is 6.54 Å². The first-order chi connectivity index (χ1) is 10.6. The fourth-order valence-electron chi connectivity index (χ4n) is 2.06. The van der Waals surface area contributed by atoms with Crippen LogP contribution in [0, 0.1) is 0 Å². The topological polar surface area (TPSA) is 88.0 Å². The zero-order valence-electron chi connectivity index (χ0n) is 11.9. The van der Waals surface area contributed by atoms with Crippen molar-refractivity contribution in [3.05, 3.63) is 45.5 Å². The van der Waals surface area contributed by atoms with Crippen molar-refractivity contribution in [3.63, 3.8) is 0 Å². The number of fused-ring (bicyclic) bond motifs is 1. The first kappa shape index (κ1) is 14.6. The maximum atomic E-state index is 11.7. The third-order valence-electron chi connectivity index (χ3n) is 3.32. The molecule has 1 aromatic carbocycles. The smallest absolute Gasteiger partial charge is 0.350 e. The van der Waals surface area contributed by atoms with Gasteiger partial charge in [0.05, 0.1) is 12.9 Å². The zero-order chi connectivity index (χ0) is 15.7. The summed E-state index contributed by atoms with van der Waals surface area (Å²) < 4.78 is 9.68. The van der Waals surface area contributed by atoms with Crippen molar-refractivity contribution in [2.75, 3.05) is 12.3 Å². The quantitative estimate of drug-likeness (QED) is 0.759. The van der Waals surface area contributed by atoms with Crippen LogP contribution in [-0.4, -0.2) is 25.7 Å². The van der Waals surface area contributed by atoms with Crippen LogP contribution in [-0.2, 0) is 13.6 Å². The number of hydrogen-bond donors (Lipinski definition) is 1. The number of halogens is 1. The molecule has 3 rings (SSSR count). The summed E-state index contributed by atoms with van der Waals surface area (Å²) >= 11 is 3.37. The number of anilines is 1. The summed E-state index contributed by atoms with van der Waals surface area (Å²) in [6.45, 7) is 0.954. The van der Waals surface area contributed by atoms with E-state index in [0.717, 1.165) is 10.2 Å². The minimum absolute atomic E-state index is 0.308. The van der Waals surface area contributed by atoms with Crippen molar-refractivity contribution in [1.82, 2.24) is 19.1 Å². The average Bonchev–Trinajstić information content (AvgIpc) is 2.90. The molecule has 0 bridgehead atoms. The van der Waals surface area contributed by atoms with E-state index in [1.165, 1.54) is 4.57 Å². The Kier molecular flexibility index (Phi) is 3.84. The Balaban J connectivity index is 1.77. The largest absolute Gasteiger partial charge is 0.492 e. The Bertz CT molecular complexity index is 869. The molecule has 0 radical (unpaired) electrons. The molecule has 2 N–H and O–H groups in total. The third kappa shape index (κ3) is 2.69. The molecule has 7 nitrogen and oxygen atoms in total. The first-order valence-electron chi connectivity index (χ1n) is 6.62. The molecule has 0 aliphatic rings. The highest BCUT2D eigenvalue weighted by Crippen LogP contribution is 2.17. The fourth-order valence-corrected chi connectivity index (χ4v) is 2.32. The Hall–Kier alpha value is -2.35. The molecule has 0 aliphatic carbocycles. The zero-order valence-corrected chi connectivity index (χ0v) is 13.4. The minimum atomic E-state index is -0.402. The second-order valence-electron chi connectivity index (χ2n) is 4.75. The Morgan fingerprint density at radius 2 is 2.05 bits per heavy atom. The van der Waals surface area contributed by atoms with Crippen molar-refractivity contribution < 1.29 is 4.74 Å². The predicted octanol–water partition coefficient (Wildman–Crippen LogP) is 1.55. The highest BCUT2D eigenvalue weighted by Gasteiger charge is 2.11. The standard InChI is InChI=1S/C14H14BrN5O2/c1-19-12(16)11-13(18-14(19)21)20(8-17-11)6-7-22-10-4-2-9(15)3-5-10/h2-5,8H,6-7,16H2,1H3. The summed E-state index contributed by atoms with van der Waals surface area (Å²) in [5, 5.41) is 0. The van der Waals surface area contributed by atoms with Crippen LogP contribution in [0.4, 0.5) is 5.82 Å². The van der Waals surface area contributed by atoms with E-state index in [4.69, 9.17) is 10.5 Å². The highest BCUT2D eigenvalue weighted by molar-refractivity contribution is 9.10. The molecule has 0 amide bonds. The van der Waals surface area contributed by atoms with Gasteiger partial charge in [0.2, 0.25) is 0 Å². The number of rotatable bonds is 4. The van der Waals surface area contributed by atoms with Gasteiger partial charge in [-0.05, 0) is 24.3 Å². The monoisotopic (exact) mass is 363 g/mol. The van der Waals surface area contributed by atoms with Gasteiger partial charge >= 0.3 is 5.69 Å². The fraction of sp³-hybridized carbons (Fsp3) is 0.214. The molecule has 0 atom stereocenters. The molecule has 0 aliphatic heterocycles. The molecular formula is C14H14BrN5O2. The number of nitrogen functional groups attached to an aromatic ring is 1. The van der Waals surface area contributed by atoms with Gasteiger partial charge in [0.1, 0.15) is 23.7 Å². The molecule has 22 heavy (non-hydrogen) atoms. The van der Waals surface area contributed by atoms with E-state index in [1.54, 1.807) is 17.9 Å². The van der Waals surface area contributed by atoms with Crippen molar-refractivity contribution >= 4 is 32.9 Å². The average molecular weight is 364 g/mol. The van der Waals surface area contributed by atoms with Crippen LogP contribution < -0.4 is 16.2 Å². The Labute approximate surface area is 134 Å². The number of ether oxygens (including phenoxy) is 1. The summed E-state index contributed by atoms with van der Waals surface area (Å²) in [4.78, 5) is 19.9. The molecule has 0 saturated heterocycles. The van der Waals surface area contributed by atoms with Gasteiger partial charge in [0.15, 0.2) is 5.65 Å². The molecule has 2 heterocycles. The van der Waals surface area contributed by atoms with Gasteiger partial charge in [-0.3, -0.25) is 4.57 Å². The van der Waals surface area contributed by atoms with E-state index in [0.29, 0.717) is 30.1 Å². The maximum absolute atomic E-state index is 11.7. The Morgan fingerprint density at radius 1 is 1.32 bits per heavy atom. The number of hydrogen-bond acceptors (Lipinski definition) is 5. The van der Waals surface area contributed by atoms with Crippen LogP contribution in [0.3, 0.4) is 0 Å². The van der Waals surface area contributed by atoms with Crippen LogP contribution >= 0.6 is 15.9 Å². The second-order valence-corrected chi connectivity index (χ2v) is 5.67. The lowest BCUT2D eigenvalue weighted by Crippen LogP contribution is -2.23. The normalized spacial score (nSPS) is 11.0. The third-order valence-corrected chi connectivity index (χ3v) is 3.85. The van der Waals surface area contributed by atoms with Gasteiger partial charge in [-0.25, -0.2) is 9.78 Å². The summed E-state index contributed by atoms with van der Waals surface area (Å²) in [5.41, 5.74) is 6.47. The lowest BCUT2D eigenvalue weighted by atomic mass is 10.3.